The molecule has 0 N–H and O–H groups in total. The van der Waals surface area contributed by atoms with Crippen LogP contribution in [0.15, 0.2) is 43.0 Å². The highest BCUT2D eigenvalue weighted by Gasteiger charge is 2.36. The average molecular weight is 338 g/mol. The van der Waals surface area contributed by atoms with E-state index in [0.717, 1.165) is 37.4 Å². The first-order valence-electron chi connectivity index (χ1n) is 9.22. The van der Waals surface area contributed by atoms with E-state index in [2.05, 4.69) is 28.6 Å². The Morgan fingerprint density at radius 1 is 1.08 bits per heavy atom. The highest BCUT2D eigenvalue weighted by atomic mass is 16.2. The number of aromatic nitrogens is 2. The summed E-state index contributed by atoms with van der Waals surface area (Å²) in [4.78, 5) is 21.6. The molecule has 132 valence electrons. The Balaban J connectivity index is 1.45. The summed E-state index contributed by atoms with van der Waals surface area (Å²) in [6.45, 7) is 8.57. The predicted octanol–water partition coefficient (Wildman–Crippen LogP) is 2.67. The van der Waals surface area contributed by atoms with Gasteiger partial charge >= 0.3 is 0 Å². The molecule has 1 aromatic heterocycles. The van der Waals surface area contributed by atoms with E-state index in [4.69, 9.17) is 0 Å². The van der Waals surface area contributed by atoms with E-state index in [-0.39, 0.29) is 5.91 Å². The molecule has 4 rings (SSSR count). The Bertz CT molecular complexity index is 709. The lowest BCUT2D eigenvalue weighted by Gasteiger charge is -2.47. The van der Waals surface area contributed by atoms with Crippen LogP contribution in [0, 0.1) is 11.8 Å². The summed E-state index contributed by atoms with van der Waals surface area (Å²) < 4.78 is 1.94. The van der Waals surface area contributed by atoms with Crippen molar-refractivity contribution >= 4 is 5.91 Å². The number of benzene rings is 1. The lowest BCUT2D eigenvalue weighted by atomic mass is 9.84. The molecule has 2 saturated heterocycles. The van der Waals surface area contributed by atoms with Gasteiger partial charge in [-0.15, -0.1) is 0 Å². The number of likely N-dealkylation sites (tertiary alicyclic amines) is 2. The maximum Gasteiger partial charge on any atom is 0.253 e. The third-order valence-corrected chi connectivity index (χ3v) is 5.54. The molecule has 3 heterocycles. The van der Waals surface area contributed by atoms with Gasteiger partial charge in [0, 0.05) is 55.9 Å². The summed E-state index contributed by atoms with van der Waals surface area (Å²) in [7, 11) is 0. The monoisotopic (exact) mass is 338 g/mol. The van der Waals surface area contributed by atoms with Gasteiger partial charge in [0.1, 0.15) is 0 Å². The number of nitrogens with zero attached hydrogens (tertiary/aromatic N) is 4. The van der Waals surface area contributed by atoms with Crippen LogP contribution in [0.25, 0.3) is 5.69 Å². The molecule has 0 aliphatic carbocycles. The molecule has 0 spiro atoms. The first-order valence-corrected chi connectivity index (χ1v) is 9.22. The maximum atomic E-state index is 12.9. The van der Waals surface area contributed by atoms with Crippen LogP contribution in [0.2, 0.25) is 0 Å². The molecule has 2 atom stereocenters. The fourth-order valence-corrected chi connectivity index (χ4v) is 4.28. The Hall–Kier alpha value is -2.14. The SMILES string of the molecule is CC(C)N1CC2CC(CN(C(=O)c3ccc(-n4ccnc4)cc3)C2)C1. The number of hydrogen-bond donors (Lipinski definition) is 0. The maximum absolute atomic E-state index is 12.9. The predicted molar refractivity (Wildman–Crippen MR) is 97.8 cm³/mol. The van der Waals surface area contributed by atoms with Gasteiger partial charge in [-0.05, 0) is 56.4 Å². The standard InChI is InChI=1S/C20H26N4O/c1-15(2)23-10-16-9-17(11-23)13-24(12-16)20(25)18-3-5-19(6-4-18)22-8-7-21-14-22/h3-8,14-17H,9-13H2,1-2H3. The molecule has 2 aliphatic heterocycles. The van der Waals surface area contributed by atoms with E-state index in [0.29, 0.717) is 17.9 Å². The van der Waals surface area contributed by atoms with Crippen molar-refractivity contribution < 1.29 is 4.79 Å². The highest BCUT2D eigenvalue weighted by molar-refractivity contribution is 5.94. The van der Waals surface area contributed by atoms with Gasteiger partial charge in [0.2, 0.25) is 0 Å². The molecule has 2 fully saturated rings. The van der Waals surface area contributed by atoms with Crippen molar-refractivity contribution in [2.75, 3.05) is 26.2 Å². The zero-order chi connectivity index (χ0) is 17.4. The van der Waals surface area contributed by atoms with E-state index in [9.17, 15) is 4.79 Å². The van der Waals surface area contributed by atoms with Gasteiger partial charge in [-0.2, -0.15) is 0 Å². The smallest absolute Gasteiger partial charge is 0.253 e. The molecule has 25 heavy (non-hydrogen) atoms. The summed E-state index contributed by atoms with van der Waals surface area (Å²) >= 11 is 0. The van der Waals surface area contributed by atoms with Gasteiger partial charge in [-0.1, -0.05) is 0 Å². The zero-order valence-corrected chi connectivity index (χ0v) is 15.0. The minimum atomic E-state index is 0.171. The van der Waals surface area contributed by atoms with Crippen LogP contribution >= 0.6 is 0 Å². The lowest BCUT2D eigenvalue weighted by Crippen LogP contribution is -2.55. The van der Waals surface area contributed by atoms with Crippen molar-refractivity contribution in [3.05, 3.63) is 48.5 Å². The van der Waals surface area contributed by atoms with Gasteiger partial charge in [0.15, 0.2) is 0 Å². The summed E-state index contributed by atoms with van der Waals surface area (Å²) in [5, 5.41) is 0. The zero-order valence-electron chi connectivity index (χ0n) is 15.0. The van der Waals surface area contributed by atoms with Crippen LogP contribution in [0.5, 0.6) is 0 Å². The van der Waals surface area contributed by atoms with Crippen molar-refractivity contribution in [2.45, 2.75) is 26.3 Å². The van der Waals surface area contributed by atoms with Crippen LogP contribution in [-0.4, -0.2) is 57.5 Å². The van der Waals surface area contributed by atoms with Crippen LogP contribution in [0.3, 0.4) is 0 Å². The van der Waals surface area contributed by atoms with Gasteiger partial charge in [0.05, 0.1) is 6.33 Å². The molecular weight excluding hydrogens is 312 g/mol. The second-order valence-corrected chi connectivity index (χ2v) is 7.74. The summed E-state index contributed by atoms with van der Waals surface area (Å²) in [5.74, 6) is 1.40. The van der Waals surface area contributed by atoms with Gasteiger partial charge in [-0.25, -0.2) is 4.98 Å². The molecule has 2 bridgehead atoms. The van der Waals surface area contributed by atoms with Crippen molar-refractivity contribution in [1.82, 2.24) is 19.4 Å². The molecule has 5 heteroatoms. The van der Waals surface area contributed by atoms with Crippen LogP contribution in [0.1, 0.15) is 30.6 Å². The van der Waals surface area contributed by atoms with E-state index in [1.165, 1.54) is 6.42 Å². The lowest BCUT2D eigenvalue weighted by molar-refractivity contribution is 0.0168. The van der Waals surface area contributed by atoms with E-state index in [1.807, 2.05) is 35.0 Å². The number of carbonyl (C=O) groups is 1. The van der Waals surface area contributed by atoms with E-state index in [1.54, 1.807) is 12.5 Å². The van der Waals surface area contributed by atoms with Gasteiger partial charge in [-0.3, -0.25) is 4.79 Å². The molecular formula is C20H26N4O. The van der Waals surface area contributed by atoms with Crippen LogP contribution in [-0.2, 0) is 0 Å². The van der Waals surface area contributed by atoms with Crippen molar-refractivity contribution in [3.8, 4) is 5.69 Å². The molecule has 5 nitrogen and oxygen atoms in total. The van der Waals surface area contributed by atoms with Gasteiger partial charge < -0.3 is 14.4 Å². The van der Waals surface area contributed by atoms with Crippen molar-refractivity contribution in [1.29, 1.82) is 0 Å². The van der Waals surface area contributed by atoms with Crippen LogP contribution < -0.4 is 0 Å². The Labute approximate surface area is 149 Å². The fourth-order valence-electron chi connectivity index (χ4n) is 4.28. The normalized spacial score (nSPS) is 23.9. The highest BCUT2D eigenvalue weighted by Crippen LogP contribution is 2.30. The number of hydrogen-bond acceptors (Lipinski definition) is 3. The molecule has 0 saturated carbocycles. The topological polar surface area (TPSA) is 41.4 Å². The average Bonchev–Trinajstić information content (AvgIpc) is 3.15. The van der Waals surface area contributed by atoms with Gasteiger partial charge in [0.25, 0.3) is 5.91 Å². The Morgan fingerprint density at radius 3 is 2.32 bits per heavy atom. The molecule has 0 radical (unpaired) electrons. The number of piperidine rings is 2. The largest absolute Gasteiger partial charge is 0.338 e. The summed E-state index contributed by atoms with van der Waals surface area (Å²) in [6.07, 6.45) is 6.70. The number of fused-ring (bicyclic) bond motifs is 2. The summed E-state index contributed by atoms with van der Waals surface area (Å²) in [6, 6.07) is 8.44. The molecule has 2 unspecified atom stereocenters. The first kappa shape index (κ1) is 16.3. The minimum Gasteiger partial charge on any atom is -0.338 e. The Morgan fingerprint density at radius 2 is 1.76 bits per heavy atom. The molecule has 1 aromatic carbocycles. The number of amides is 1. The summed E-state index contributed by atoms with van der Waals surface area (Å²) in [5.41, 5.74) is 1.81. The number of rotatable bonds is 3. The van der Waals surface area contributed by atoms with E-state index >= 15 is 0 Å². The quantitative estimate of drug-likeness (QED) is 0.864. The Kier molecular flexibility index (Phi) is 4.34. The van der Waals surface area contributed by atoms with Crippen molar-refractivity contribution in [3.63, 3.8) is 0 Å². The first-order chi connectivity index (χ1) is 12.1. The second-order valence-electron chi connectivity index (χ2n) is 7.74. The molecule has 1 amide bonds. The number of carbonyl (C=O) groups excluding carboxylic acids is 1. The van der Waals surface area contributed by atoms with E-state index < -0.39 is 0 Å². The third kappa shape index (κ3) is 3.33. The third-order valence-electron chi connectivity index (χ3n) is 5.54. The fraction of sp³-hybridized carbons (Fsp3) is 0.500. The second kappa shape index (κ2) is 6.64. The minimum absolute atomic E-state index is 0.171. The van der Waals surface area contributed by atoms with Crippen molar-refractivity contribution in [2.24, 2.45) is 11.8 Å². The molecule has 2 aliphatic rings. The number of imidazole rings is 1. The molecule has 2 aromatic rings. The van der Waals surface area contributed by atoms with Crippen LogP contribution in [0.4, 0.5) is 0 Å².